The summed E-state index contributed by atoms with van der Waals surface area (Å²) in [6.07, 6.45) is -0.247. The number of aromatic hydroxyl groups is 1. The second kappa shape index (κ2) is 10.7. The first-order valence-corrected chi connectivity index (χ1v) is 10.9. The van der Waals surface area contributed by atoms with E-state index in [0.717, 1.165) is 11.0 Å². The van der Waals surface area contributed by atoms with Gasteiger partial charge >= 0.3 is 13.1 Å². The van der Waals surface area contributed by atoms with Gasteiger partial charge < -0.3 is 40.5 Å². The van der Waals surface area contributed by atoms with Crippen molar-refractivity contribution in [3.63, 3.8) is 0 Å². The monoisotopic (exact) mass is 467 g/mol. The van der Waals surface area contributed by atoms with Crippen LogP contribution >= 0.6 is 0 Å². The summed E-state index contributed by atoms with van der Waals surface area (Å²) in [4.78, 5) is 26.1. The zero-order valence-electron chi connectivity index (χ0n) is 19.7. The van der Waals surface area contributed by atoms with Crippen LogP contribution in [0.3, 0.4) is 0 Å². The molecule has 1 aliphatic rings. The standard InChI is InChI=1S/C21H35BN4O7/c1-21(23,20(30)24-9-10-26(2,3)4)13-25-11-15(12-25)33-16-6-5-14(7-8-22(31)32)18(27)17(16)19(28)29/h5-6,15,31-32H,7-13,23H2,1-4H3,(H2-,24,27,28,29,30)/p+1/t21-/m1/s1. The lowest BCUT2D eigenvalue weighted by Crippen LogP contribution is -2.64. The van der Waals surface area contributed by atoms with Crippen LogP contribution in [0, 0.1) is 0 Å². The number of carbonyl (C=O) groups is 2. The van der Waals surface area contributed by atoms with Gasteiger partial charge in [-0.1, -0.05) is 6.07 Å². The van der Waals surface area contributed by atoms with Gasteiger partial charge in [-0.3, -0.25) is 9.69 Å². The summed E-state index contributed by atoms with van der Waals surface area (Å²) in [5.74, 6) is -1.99. The number of nitrogens with one attached hydrogen (secondary N) is 1. The molecule has 0 saturated carbocycles. The highest BCUT2D eigenvalue weighted by Crippen LogP contribution is 2.34. The van der Waals surface area contributed by atoms with E-state index in [2.05, 4.69) is 5.32 Å². The fraction of sp³-hybridized carbons (Fsp3) is 0.619. The molecule has 1 heterocycles. The van der Waals surface area contributed by atoms with Crippen LogP contribution in [0.25, 0.3) is 0 Å². The van der Waals surface area contributed by atoms with E-state index in [1.807, 2.05) is 26.0 Å². The Morgan fingerprint density at radius 3 is 2.48 bits per heavy atom. The summed E-state index contributed by atoms with van der Waals surface area (Å²) in [6.45, 7) is 4.21. The molecule has 1 amide bonds. The van der Waals surface area contributed by atoms with Crippen molar-refractivity contribution in [3.8, 4) is 11.5 Å². The van der Waals surface area contributed by atoms with Crippen LogP contribution in [-0.2, 0) is 11.2 Å². The smallest absolute Gasteiger partial charge is 0.451 e. The molecule has 1 fully saturated rings. The van der Waals surface area contributed by atoms with E-state index in [1.165, 1.54) is 12.1 Å². The van der Waals surface area contributed by atoms with Gasteiger partial charge in [0, 0.05) is 19.6 Å². The van der Waals surface area contributed by atoms with E-state index >= 15 is 0 Å². The normalized spacial score (nSPS) is 16.6. The van der Waals surface area contributed by atoms with Gasteiger partial charge in [-0.15, -0.1) is 0 Å². The number of carbonyl (C=O) groups excluding carboxylic acids is 1. The number of hydrogen-bond donors (Lipinski definition) is 6. The molecule has 0 bridgehead atoms. The number of nitrogens with zero attached hydrogens (tertiary/aromatic N) is 2. The molecular formula is C21H36BN4O7+. The molecule has 1 atom stereocenters. The molecule has 0 unspecified atom stereocenters. The number of nitrogens with two attached hydrogens (primary N) is 1. The number of benzene rings is 1. The molecule has 0 aromatic heterocycles. The topological polar surface area (TPSA) is 166 Å². The van der Waals surface area contributed by atoms with E-state index in [0.29, 0.717) is 31.7 Å². The third kappa shape index (κ3) is 7.86. The molecule has 0 spiro atoms. The number of carboxylic acid groups (broad SMARTS) is 1. The van der Waals surface area contributed by atoms with Crippen LogP contribution in [0.4, 0.5) is 0 Å². The molecule has 1 aliphatic heterocycles. The van der Waals surface area contributed by atoms with Crippen molar-refractivity contribution in [3.05, 3.63) is 23.3 Å². The van der Waals surface area contributed by atoms with Gasteiger partial charge in [0.2, 0.25) is 5.91 Å². The predicted octanol–water partition coefficient (Wildman–Crippen LogP) is -1.29. The number of likely N-dealkylation sites (tertiary alicyclic amines) is 1. The highest BCUT2D eigenvalue weighted by Gasteiger charge is 2.37. The lowest BCUT2D eigenvalue weighted by atomic mass is 9.82. The maximum absolute atomic E-state index is 12.5. The van der Waals surface area contributed by atoms with Gasteiger partial charge in [0.25, 0.3) is 0 Å². The van der Waals surface area contributed by atoms with Crippen LogP contribution < -0.4 is 15.8 Å². The molecule has 2 rings (SSSR count). The Kier molecular flexibility index (Phi) is 8.72. The average molecular weight is 467 g/mol. The zero-order valence-corrected chi connectivity index (χ0v) is 19.7. The van der Waals surface area contributed by atoms with Crippen LogP contribution in [0.15, 0.2) is 12.1 Å². The number of phenols is 1. The molecule has 1 aromatic rings. The van der Waals surface area contributed by atoms with E-state index in [-0.39, 0.29) is 36.1 Å². The first-order chi connectivity index (χ1) is 15.2. The van der Waals surface area contributed by atoms with Crippen LogP contribution in [0.1, 0.15) is 22.8 Å². The van der Waals surface area contributed by atoms with Gasteiger partial charge in [0.05, 0.1) is 34.2 Å². The Hall–Kier alpha value is -2.38. The number of aromatic carboxylic acids is 1. The van der Waals surface area contributed by atoms with Gasteiger partial charge in [-0.25, -0.2) is 4.79 Å². The highest BCUT2D eigenvalue weighted by molar-refractivity contribution is 6.41. The largest absolute Gasteiger partial charge is 0.507 e. The summed E-state index contributed by atoms with van der Waals surface area (Å²) < 4.78 is 6.51. The molecular weight excluding hydrogens is 431 g/mol. The minimum absolute atomic E-state index is 0.0338. The third-order valence-electron chi connectivity index (χ3n) is 5.47. The predicted molar refractivity (Wildman–Crippen MR) is 123 cm³/mol. The molecule has 0 radical (unpaired) electrons. The third-order valence-corrected chi connectivity index (χ3v) is 5.47. The molecule has 184 valence electrons. The first kappa shape index (κ1) is 26.9. The number of aryl methyl sites for hydroxylation is 1. The van der Waals surface area contributed by atoms with Crippen molar-refractivity contribution in [2.24, 2.45) is 5.73 Å². The summed E-state index contributed by atoms with van der Waals surface area (Å²) >= 11 is 0. The number of amides is 1. The Balaban J connectivity index is 1.92. The van der Waals surface area contributed by atoms with E-state index in [9.17, 15) is 19.8 Å². The second-order valence-corrected chi connectivity index (χ2v) is 9.89. The van der Waals surface area contributed by atoms with Crippen molar-refractivity contribution in [2.45, 2.75) is 31.3 Å². The zero-order chi connectivity index (χ0) is 25.0. The van der Waals surface area contributed by atoms with Crippen LogP contribution in [-0.4, -0.2) is 114 Å². The second-order valence-electron chi connectivity index (χ2n) is 9.89. The van der Waals surface area contributed by atoms with E-state index in [1.54, 1.807) is 6.92 Å². The summed E-state index contributed by atoms with van der Waals surface area (Å²) in [6, 6.07) is 2.96. The van der Waals surface area contributed by atoms with E-state index in [4.69, 9.17) is 20.5 Å². The quantitative estimate of drug-likeness (QED) is 0.162. The Bertz CT molecular complexity index is 852. The lowest BCUT2D eigenvalue weighted by Gasteiger charge is -2.42. The summed E-state index contributed by atoms with van der Waals surface area (Å²) in [7, 11) is 4.56. The number of carboxylic acids is 1. The number of likely N-dealkylation sites (N-methyl/N-ethyl adjacent to an activating group) is 1. The summed E-state index contributed by atoms with van der Waals surface area (Å²) in [5.41, 5.74) is 5.07. The number of hydrogen-bond acceptors (Lipinski definition) is 8. The van der Waals surface area contributed by atoms with Crippen molar-refractivity contribution in [1.29, 1.82) is 0 Å². The van der Waals surface area contributed by atoms with Crippen LogP contribution in [0.5, 0.6) is 11.5 Å². The molecule has 11 nitrogen and oxygen atoms in total. The Labute approximate surface area is 194 Å². The van der Waals surface area contributed by atoms with Gasteiger partial charge in [-0.05, 0) is 31.3 Å². The molecule has 0 aliphatic carbocycles. The highest BCUT2D eigenvalue weighted by atomic mass is 16.5. The van der Waals surface area contributed by atoms with Crippen molar-refractivity contribution < 1.29 is 39.1 Å². The SMILES string of the molecule is C[C@@](N)(CN1CC(Oc2ccc(CCB(O)O)c(O)c2C(=O)O)C1)C(=O)NCC[N+](C)(C)C. The fourth-order valence-electron chi connectivity index (χ4n) is 3.56. The molecule has 7 N–H and O–H groups in total. The first-order valence-electron chi connectivity index (χ1n) is 10.9. The number of quaternary nitrogens is 1. The van der Waals surface area contributed by atoms with Crippen molar-refractivity contribution >= 4 is 19.0 Å². The van der Waals surface area contributed by atoms with Crippen molar-refractivity contribution in [2.75, 3.05) is 53.9 Å². The fourth-order valence-corrected chi connectivity index (χ4v) is 3.56. The van der Waals surface area contributed by atoms with E-state index < -0.39 is 24.4 Å². The summed E-state index contributed by atoms with van der Waals surface area (Å²) in [5, 5.41) is 40.8. The molecule has 1 aromatic carbocycles. The lowest BCUT2D eigenvalue weighted by molar-refractivity contribution is -0.869. The Morgan fingerprint density at radius 1 is 1.30 bits per heavy atom. The molecule has 12 heteroatoms. The van der Waals surface area contributed by atoms with Gasteiger partial charge in [-0.2, -0.15) is 0 Å². The van der Waals surface area contributed by atoms with Gasteiger partial charge in [0.15, 0.2) is 0 Å². The molecule has 1 saturated heterocycles. The van der Waals surface area contributed by atoms with Gasteiger partial charge in [0.1, 0.15) is 28.7 Å². The Morgan fingerprint density at radius 2 is 1.94 bits per heavy atom. The maximum Gasteiger partial charge on any atom is 0.451 e. The minimum atomic E-state index is -1.55. The minimum Gasteiger partial charge on any atom is -0.507 e. The number of ether oxygens (including phenoxy) is 1. The van der Waals surface area contributed by atoms with Crippen molar-refractivity contribution in [1.82, 2.24) is 10.2 Å². The number of rotatable bonds is 12. The van der Waals surface area contributed by atoms with Crippen LogP contribution in [0.2, 0.25) is 6.32 Å². The average Bonchev–Trinajstić information content (AvgIpc) is 2.63. The molecule has 33 heavy (non-hydrogen) atoms. The maximum atomic E-state index is 12.5.